The zero-order valence-corrected chi connectivity index (χ0v) is 15.2. The Labute approximate surface area is 148 Å². The third-order valence-corrected chi connectivity index (χ3v) is 6.46. The van der Waals surface area contributed by atoms with E-state index in [0.717, 1.165) is 11.1 Å². The number of phenols is 1. The SMILES string of the molecule is C=CC1=CCC2(C)C(=O)C(C)=C(C)C(=O)C2(C)C1c1cccc(O)c1. The van der Waals surface area contributed by atoms with Gasteiger partial charge in [-0.05, 0) is 54.7 Å². The van der Waals surface area contributed by atoms with Crippen LogP contribution in [0, 0.1) is 10.8 Å². The quantitative estimate of drug-likeness (QED) is 0.865. The molecule has 0 bridgehead atoms. The zero-order valence-electron chi connectivity index (χ0n) is 15.2. The summed E-state index contributed by atoms with van der Waals surface area (Å²) in [6.07, 6.45) is 4.29. The molecule has 0 aliphatic heterocycles. The second-order valence-corrected chi connectivity index (χ2v) is 7.58. The normalized spacial score (nSPS) is 32.3. The van der Waals surface area contributed by atoms with E-state index >= 15 is 0 Å². The molecule has 2 aliphatic rings. The maximum atomic E-state index is 13.4. The van der Waals surface area contributed by atoms with Crippen LogP contribution in [0.15, 0.2) is 59.7 Å². The van der Waals surface area contributed by atoms with Gasteiger partial charge in [0.05, 0.1) is 5.41 Å². The number of hydrogen-bond donors (Lipinski definition) is 1. The van der Waals surface area contributed by atoms with Gasteiger partial charge in [-0.15, -0.1) is 0 Å². The second-order valence-electron chi connectivity index (χ2n) is 7.58. The highest BCUT2D eigenvalue weighted by atomic mass is 16.3. The van der Waals surface area contributed by atoms with Crippen LogP contribution in [0.1, 0.15) is 45.6 Å². The number of ketones is 2. The number of rotatable bonds is 2. The molecule has 130 valence electrons. The van der Waals surface area contributed by atoms with Gasteiger partial charge in [0.2, 0.25) is 0 Å². The number of fused-ring (bicyclic) bond motifs is 1. The Morgan fingerprint density at radius 2 is 1.80 bits per heavy atom. The molecule has 0 aromatic heterocycles. The lowest BCUT2D eigenvalue weighted by molar-refractivity contribution is -0.147. The summed E-state index contributed by atoms with van der Waals surface area (Å²) < 4.78 is 0. The second kappa shape index (κ2) is 5.55. The van der Waals surface area contributed by atoms with Crippen LogP contribution >= 0.6 is 0 Å². The van der Waals surface area contributed by atoms with Gasteiger partial charge in [0, 0.05) is 11.3 Å². The highest BCUT2D eigenvalue weighted by molar-refractivity contribution is 6.17. The Morgan fingerprint density at radius 1 is 1.16 bits per heavy atom. The molecule has 0 heterocycles. The number of benzene rings is 1. The number of aromatic hydroxyl groups is 1. The predicted molar refractivity (Wildman–Crippen MR) is 98.3 cm³/mol. The van der Waals surface area contributed by atoms with Gasteiger partial charge in [-0.3, -0.25) is 9.59 Å². The first-order valence-electron chi connectivity index (χ1n) is 8.57. The van der Waals surface area contributed by atoms with Crippen LogP contribution in [0.25, 0.3) is 0 Å². The molecule has 0 fully saturated rings. The highest BCUT2D eigenvalue weighted by Crippen LogP contribution is 2.62. The minimum absolute atomic E-state index is 0.00731. The summed E-state index contributed by atoms with van der Waals surface area (Å²) in [5.41, 5.74) is 1.14. The van der Waals surface area contributed by atoms with Gasteiger partial charge in [-0.1, -0.05) is 44.7 Å². The van der Waals surface area contributed by atoms with E-state index in [1.807, 2.05) is 26.0 Å². The third-order valence-electron chi connectivity index (χ3n) is 6.46. The van der Waals surface area contributed by atoms with Crippen LogP contribution in [0.2, 0.25) is 0 Å². The van der Waals surface area contributed by atoms with Crippen molar-refractivity contribution < 1.29 is 14.7 Å². The van der Waals surface area contributed by atoms with Crippen molar-refractivity contribution in [3.05, 3.63) is 65.3 Å². The first-order chi connectivity index (χ1) is 11.7. The topological polar surface area (TPSA) is 54.4 Å². The summed E-state index contributed by atoms with van der Waals surface area (Å²) in [6, 6.07) is 6.95. The number of allylic oxidation sites excluding steroid dienone is 5. The van der Waals surface area contributed by atoms with Crippen molar-refractivity contribution in [1.82, 2.24) is 0 Å². The molecule has 3 unspecified atom stereocenters. The average molecular weight is 336 g/mol. The smallest absolute Gasteiger partial charge is 0.166 e. The van der Waals surface area contributed by atoms with E-state index in [1.165, 1.54) is 0 Å². The van der Waals surface area contributed by atoms with Crippen molar-refractivity contribution in [2.75, 3.05) is 0 Å². The Kier molecular flexibility index (Phi) is 3.86. The van der Waals surface area contributed by atoms with E-state index < -0.39 is 10.8 Å². The van der Waals surface area contributed by atoms with Crippen molar-refractivity contribution in [1.29, 1.82) is 0 Å². The number of carbonyl (C=O) groups excluding carboxylic acids is 2. The molecule has 25 heavy (non-hydrogen) atoms. The van der Waals surface area contributed by atoms with Crippen molar-refractivity contribution in [2.45, 2.75) is 40.0 Å². The number of Topliss-reactive ketones (excluding diaryl/α,β-unsaturated/α-hetero) is 2. The van der Waals surface area contributed by atoms with Gasteiger partial charge in [-0.25, -0.2) is 0 Å². The molecule has 1 aromatic carbocycles. The molecule has 3 rings (SSSR count). The molecule has 0 amide bonds. The van der Waals surface area contributed by atoms with Crippen molar-refractivity contribution >= 4 is 11.6 Å². The summed E-state index contributed by atoms with van der Waals surface area (Å²) >= 11 is 0. The maximum absolute atomic E-state index is 13.4. The molecular weight excluding hydrogens is 312 g/mol. The molecule has 3 heteroatoms. The zero-order chi connectivity index (χ0) is 18.6. The summed E-state index contributed by atoms with van der Waals surface area (Å²) in [5, 5.41) is 9.95. The monoisotopic (exact) mass is 336 g/mol. The minimum Gasteiger partial charge on any atom is -0.508 e. The van der Waals surface area contributed by atoms with Gasteiger partial charge >= 0.3 is 0 Å². The van der Waals surface area contributed by atoms with Crippen LogP contribution in [-0.2, 0) is 9.59 Å². The summed E-state index contributed by atoms with van der Waals surface area (Å²) in [4.78, 5) is 26.6. The molecule has 2 aliphatic carbocycles. The molecule has 1 N–H and O–H groups in total. The van der Waals surface area contributed by atoms with E-state index in [1.54, 1.807) is 38.1 Å². The standard InChI is InChI=1S/C22H24O3/c1-6-15-10-11-21(4)19(24)13(2)14(3)20(25)22(21,5)18(15)16-8-7-9-17(23)12-16/h6-10,12,18,23H,1,11H2,2-5H3. The van der Waals surface area contributed by atoms with E-state index in [0.29, 0.717) is 17.6 Å². The van der Waals surface area contributed by atoms with E-state index in [9.17, 15) is 14.7 Å². The lowest BCUT2D eigenvalue weighted by Crippen LogP contribution is -2.57. The Hall–Kier alpha value is -2.42. The maximum Gasteiger partial charge on any atom is 0.166 e. The Balaban J connectivity index is 2.34. The Bertz CT molecular complexity index is 858. The largest absolute Gasteiger partial charge is 0.508 e. The van der Waals surface area contributed by atoms with Gasteiger partial charge in [0.25, 0.3) is 0 Å². The van der Waals surface area contributed by atoms with Gasteiger partial charge < -0.3 is 5.11 Å². The molecule has 0 saturated carbocycles. The van der Waals surface area contributed by atoms with Crippen molar-refractivity contribution in [2.24, 2.45) is 10.8 Å². The third kappa shape index (κ3) is 2.11. The molecular formula is C22H24O3. The number of hydrogen-bond acceptors (Lipinski definition) is 3. The number of carbonyl (C=O) groups is 2. The fourth-order valence-corrected chi connectivity index (χ4v) is 4.59. The molecule has 0 radical (unpaired) electrons. The molecule has 0 saturated heterocycles. The van der Waals surface area contributed by atoms with Crippen LogP contribution in [0.4, 0.5) is 0 Å². The molecule has 3 nitrogen and oxygen atoms in total. The molecule has 3 atom stereocenters. The van der Waals surface area contributed by atoms with E-state index in [2.05, 4.69) is 6.58 Å². The molecule has 1 aromatic rings. The molecule has 0 spiro atoms. The fourth-order valence-electron chi connectivity index (χ4n) is 4.59. The number of phenolic OH excluding ortho intramolecular Hbond substituents is 1. The lowest BCUT2D eigenvalue weighted by atomic mass is 9.45. The first-order valence-corrected chi connectivity index (χ1v) is 8.57. The highest BCUT2D eigenvalue weighted by Gasteiger charge is 2.63. The van der Waals surface area contributed by atoms with E-state index in [4.69, 9.17) is 0 Å². The van der Waals surface area contributed by atoms with Gasteiger partial charge in [0.1, 0.15) is 5.75 Å². The summed E-state index contributed by atoms with van der Waals surface area (Å²) in [6.45, 7) is 11.2. The van der Waals surface area contributed by atoms with Crippen molar-refractivity contribution in [3.8, 4) is 5.75 Å². The fraction of sp³-hybridized carbons (Fsp3) is 0.364. The summed E-state index contributed by atoms with van der Waals surface area (Å²) in [7, 11) is 0. The van der Waals surface area contributed by atoms with Crippen molar-refractivity contribution in [3.63, 3.8) is 0 Å². The minimum atomic E-state index is -0.917. The van der Waals surface area contributed by atoms with Crippen LogP contribution < -0.4 is 0 Å². The lowest BCUT2D eigenvalue weighted by Gasteiger charge is -2.54. The average Bonchev–Trinajstić information content (AvgIpc) is 2.60. The summed E-state index contributed by atoms with van der Waals surface area (Å²) in [5.74, 6) is -0.130. The van der Waals surface area contributed by atoms with Crippen LogP contribution in [0.5, 0.6) is 5.75 Å². The Morgan fingerprint density at radius 3 is 2.40 bits per heavy atom. The van der Waals surface area contributed by atoms with E-state index in [-0.39, 0.29) is 23.2 Å². The van der Waals surface area contributed by atoms with Gasteiger partial charge in [-0.2, -0.15) is 0 Å². The van der Waals surface area contributed by atoms with Crippen LogP contribution in [0.3, 0.4) is 0 Å². The predicted octanol–water partition coefficient (Wildman–Crippen LogP) is 4.49. The van der Waals surface area contributed by atoms with Gasteiger partial charge in [0.15, 0.2) is 11.6 Å². The van der Waals surface area contributed by atoms with Crippen LogP contribution in [-0.4, -0.2) is 16.7 Å². The first kappa shape index (κ1) is 17.4.